The zero-order chi connectivity index (χ0) is 23.2. The summed E-state index contributed by atoms with van der Waals surface area (Å²) in [5.41, 5.74) is 3.99. The Bertz CT molecular complexity index is 913. The van der Waals surface area contributed by atoms with Crippen molar-refractivity contribution in [2.45, 2.75) is 59.7 Å². The highest BCUT2D eigenvalue weighted by atomic mass is 16.3. The molecule has 3 rings (SSSR count). The summed E-state index contributed by atoms with van der Waals surface area (Å²) < 4.78 is 23.5. The Kier molecular flexibility index (Phi) is 4.56. The summed E-state index contributed by atoms with van der Waals surface area (Å²) in [6, 6.07) is 0. The summed E-state index contributed by atoms with van der Waals surface area (Å²) >= 11 is 0. The first-order chi connectivity index (χ1) is 14.3. The molecule has 0 aromatic heterocycles. The number of phenols is 2. The van der Waals surface area contributed by atoms with Gasteiger partial charge in [-0.3, -0.25) is 4.79 Å². The number of rotatable bonds is 4. The van der Waals surface area contributed by atoms with Crippen LogP contribution in [0.2, 0.25) is 0 Å². The average molecular weight is 387 g/mol. The van der Waals surface area contributed by atoms with E-state index in [1.807, 2.05) is 20.8 Å². The molecule has 28 heavy (non-hydrogen) atoms. The molecule has 1 aromatic rings. The normalized spacial score (nSPS) is 24.6. The van der Waals surface area contributed by atoms with Crippen LogP contribution in [-0.2, 0) is 11.2 Å². The number of benzene rings is 1. The largest absolute Gasteiger partial charge is 0.507 e. The van der Waals surface area contributed by atoms with Crippen molar-refractivity contribution in [2.24, 2.45) is 11.8 Å². The molecule has 2 atom stereocenters. The van der Waals surface area contributed by atoms with E-state index in [-0.39, 0.29) is 23.3 Å². The average Bonchev–Trinajstić information content (AvgIpc) is 2.63. The SMILES string of the molecule is [2H]C([2H])([2H])C1=C[C@H](c2c(O)c(C)c(CC3CN(C(C)=O)C3)c(C)c2O)[C@@H](C(=C)C)CC1. The third kappa shape index (κ3) is 3.57. The molecule has 4 nitrogen and oxygen atoms in total. The Morgan fingerprint density at radius 3 is 2.36 bits per heavy atom. The Balaban J connectivity index is 2.03. The van der Waals surface area contributed by atoms with E-state index < -0.39 is 12.8 Å². The number of phenolic OH excluding ortho intramolecular Hbond substituents is 2. The van der Waals surface area contributed by atoms with E-state index in [9.17, 15) is 15.0 Å². The molecule has 1 amide bonds. The van der Waals surface area contributed by atoms with Gasteiger partial charge in [-0.25, -0.2) is 0 Å². The summed E-state index contributed by atoms with van der Waals surface area (Å²) in [5.74, 6) is -0.0785. The Morgan fingerprint density at radius 1 is 1.25 bits per heavy atom. The van der Waals surface area contributed by atoms with E-state index in [0.717, 1.165) is 11.1 Å². The fourth-order valence-electron chi connectivity index (χ4n) is 4.69. The maximum atomic E-state index is 11.5. The molecule has 1 heterocycles. The van der Waals surface area contributed by atoms with E-state index in [1.165, 1.54) is 0 Å². The van der Waals surface area contributed by atoms with Crippen LogP contribution in [0.1, 0.15) is 65.8 Å². The minimum absolute atomic E-state index is 0.0279. The zero-order valence-electron chi connectivity index (χ0n) is 20.3. The van der Waals surface area contributed by atoms with Crippen LogP contribution in [0.5, 0.6) is 11.5 Å². The number of aromatic hydroxyl groups is 2. The minimum atomic E-state index is -2.19. The highest BCUT2D eigenvalue weighted by molar-refractivity contribution is 5.74. The van der Waals surface area contributed by atoms with Gasteiger partial charge in [-0.15, -0.1) is 0 Å². The predicted octanol–water partition coefficient (Wildman–Crippen LogP) is 4.75. The molecule has 152 valence electrons. The zero-order valence-corrected chi connectivity index (χ0v) is 17.3. The van der Waals surface area contributed by atoms with E-state index in [0.29, 0.717) is 60.5 Å². The van der Waals surface area contributed by atoms with Crippen LogP contribution in [0.3, 0.4) is 0 Å². The van der Waals surface area contributed by atoms with E-state index in [2.05, 4.69) is 6.58 Å². The number of amides is 1. The Morgan fingerprint density at radius 2 is 1.86 bits per heavy atom. The molecule has 1 aliphatic heterocycles. The smallest absolute Gasteiger partial charge is 0.219 e. The van der Waals surface area contributed by atoms with E-state index in [1.54, 1.807) is 17.9 Å². The van der Waals surface area contributed by atoms with Gasteiger partial charge in [0.25, 0.3) is 0 Å². The Hall–Kier alpha value is -2.23. The van der Waals surface area contributed by atoms with Crippen LogP contribution in [-0.4, -0.2) is 34.1 Å². The molecular formula is C24H33NO3. The van der Waals surface area contributed by atoms with Gasteiger partial charge >= 0.3 is 0 Å². The number of allylic oxidation sites excluding steroid dienone is 3. The highest BCUT2D eigenvalue weighted by Crippen LogP contribution is 2.49. The fourth-order valence-corrected chi connectivity index (χ4v) is 4.69. The molecule has 0 spiro atoms. The molecule has 4 heteroatoms. The summed E-state index contributed by atoms with van der Waals surface area (Å²) in [6.45, 7) is 10.4. The lowest BCUT2D eigenvalue weighted by Gasteiger charge is -2.39. The fraction of sp³-hybridized carbons (Fsp3) is 0.542. The molecule has 1 aliphatic carbocycles. The number of nitrogens with zero attached hydrogens (tertiary/aromatic N) is 1. The molecule has 0 radical (unpaired) electrons. The van der Waals surface area contributed by atoms with Gasteiger partial charge < -0.3 is 15.1 Å². The van der Waals surface area contributed by atoms with Crippen LogP contribution >= 0.6 is 0 Å². The van der Waals surface area contributed by atoms with Crippen LogP contribution in [0.25, 0.3) is 0 Å². The number of hydrogen-bond acceptors (Lipinski definition) is 3. The molecule has 2 aliphatic rings. The molecule has 1 aromatic carbocycles. The predicted molar refractivity (Wildman–Crippen MR) is 113 cm³/mol. The maximum absolute atomic E-state index is 11.5. The lowest BCUT2D eigenvalue weighted by atomic mass is 9.72. The summed E-state index contributed by atoms with van der Waals surface area (Å²) in [4.78, 5) is 13.2. The second-order valence-corrected chi connectivity index (χ2v) is 8.54. The number of carbonyl (C=O) groups excluding carboxylic acids is 1. The number of hydrogen-bond donors (Lipinski definition) is 2. The molecule has 0 saturated carbocycles. The first-order valence-electron chi connectivity index (χ1n) is 11.5. The lowest BCUT2D eigenvalue weighted by molar-refractivity contribution is -0.134. The van der Waals surface area contributed by atoms with Crippen molar-refractivity contribution in [3.63, 3.8) is 0 Å². The van der Waals surface area contributed by atoms with E-state index >= 15 is 0 Å². The molecular weight excluding hydrogens is 350 g/mol. The minimum Gasteiger partial charge on any atom is -0.507 e. The third-order valence-corrected chi connectivity index (χ3v) is 6.53. The molecule has 1 fully saturated rings. The van der Waals surface area contributed by atoms with Crippen molar-refractivity contribution in [3.8, 4) is 11.5 Å². The van der Waals surface area contributed by atoms with Crippen LogP contribution < -0.4 is 0 Å². The first-order valence-corrected chi connectivity index (χ1v) is 9.98. The van der Waals surface area contributed by atoms with Gasteiger partial charge in [0.15, 0.2) is 0 Å². The number of likely N-dealkylation sites (tertiary alicyclic amines) is 1. The molecule has 1 saturated heterocycles. The van der Waals surface area contributed by atoms with Gasteiger partial charge in [-0.05, 0) is 75.4 Å². The lowest BCUT2D eigenvalue weighted by Crippen LogP contribution is -2.49. The van der Waals surface area contributed by atoms with Gasteiger partial charge in [0, 0.05) is 35.6 Å². The third-order valence-electron chi connectivity index (χ3n) is 6.53. The summed E-state index contributed by atoms with van der Waals surface area (Å²) in [5, 5.41) is 22.3. The standard InChI is InChI=1S/C24H33NO3/c1-13(2)19-8-7-14(3)9-21(19)22-23(27)15(4)20(16(5)24(22)28)10-18-11-25(12-18)17(6)26/h9,18-19,21,27-28H,1,7-8,10-12H2,2-6H3/t19-,21+/m1/s1/i3D3. The van der Waals surface area contributed by atoms with Crippen molar-refractivity contribution in [1.82, 2.24) is 4.90 Å². The Labute approximate surface area is 172 Å². The molecule has 0 unspecified atom stereocenters. The monoisotopic (exact) mass is 386 g/mol. The highest BCUT2D eigenvalue weighted by Gasteiger charge is 2.34. The summed E-state index contributed by atoms with van der Waals surface area (Å²) in [6.07, 6.45) is 3.45. The maximum Gasteiger partial charge on any atom is 0.219 e. The van der Waals surface area contributed by atoms with Crippen molar-refractivity contribution in [1.29, 1.82) is 0 Å². The molecule has 2 N–H and O–H groups in total. The van der Waals surface area contributed by atoms with Gasteiger partial charge in [0.2, 0.25) is 5.91 Å². The van der Waals surface area contributed by atoms with Crippen LogP contribution in [0, 0.1) is 25.7 Å². The second-order valence-electron chi connectivity index (χ2n) is 8.54. The second kappa shape index (κ2) is 7.65. The van der Waals surface area contributed by atoms with Gasteiger partial charge in [0.05, 0.1) is 0 Å². The van der Waals surface area contributed by atoms with Crippen LogP contribution in [0.4, 0.5) is 0 Å². The van der Waals surface area contributed by atoms with Crippen LogP contribution in [0.15, 0.2) is 23.8 Å². The van der Waals surface area contributed by atoms with Gasteiger partial charge in [-0.1, -0.05) is 23.8 Å². The van der Waals surface area contributed by atoms with Crippen molar-refractivity contribution in [2.75, 3.05) is 13.1 Å². The summed E-state index contributed by atoms with van der Waals surface area (Å²) in [7, 11) is 0. The molecule has 0 bridgehead atoms. The quantitative estimate of drug-likeness (QED) is 0.734. The van der Waals surface area contributed by atoms with Crippen molar-refractivity contribution < 1.29 is 19.1 Å². The van der Waals surface area contributed by atoms with Gasteiger partial charge in [-0.2, -0.15) is 0 Å². The number of carbonyl (C=O) groups is 1. The first kappa shape index (κ1) is 16.7. The van der Waals surface area contributed by atoms with Crippen molar-refractivity contribution >= 4 is 5.91 Å². The van der Waals surface area contributed by atoms with Crippen molar-refractivity contribution in [3.05, 3.63) is 46.1 Å². The van der Waals surface area contributed by atoms with E-state index in [4.69, 9.17) is 4.11 Å². The van der Waals surface area contributed by atoms with Gasteiger partial charge in [0.1, 0.15) is 11.5 Å². The topological polar surface area (TPSA) is 60.8 Å².